The Morgan fingerprint density at radius 1 is 1.33 bits per heavy atom. The molecule has 88 valence electrons. The zero-order valence-electron chi connectivity index (χ0n) is 9.96. The molecule has 0 aromatic rings. The number of hydrogen-bond donors (Lipinski definition) is 2. The molecule has 3 N–H and O–H groups in total. The van der Waals surface area contributed by atoms with E-state index in [1.54, 1.807) is 0 Å². The van der Waals surface area contributed by atoms with Gasteiger partial charge in [-0.15, -0.1) is 0 Å². The number of nitrogens with two attached hydrogens (primary N) is 1. The van der Waals surface area contributed by atoms with Gasteiger partial charge < -0.3 is 11.1 Å². The van der Waals surface area contributed by atoms with Gasteiger partial charge in [0.25, 0.3) is 0 Å². The first-order chi connectivity index (χ1) is 7.19. The van der Waals surface area contributed by atoms with Gasteiger partial charge in [-0.05, 0) is 25.7 Å². The highest BCUT2D eigenvalue weighted by Gasteiger charge is 2.28. The lowest BCUT2D eigenvalue weighted by Gasteiger charge is -2.29. The lowest BCUT2D eigenvalue weighted by molar-refractivity contribution is -0.127. The minimum absolute atomic E-state index is 0.0550. The normalized spacial score (nSPS) is 26.7. The van der Waals surface area contributed by atoms with Crippen molar-refractivity contribution in [3.63, 3.8) is 0 Å². The van der Waals surface area contributed by atoms with Crippen molar-refractivity contribution in [1.29, 1.82) is 0 Å². The summed E-state index contributed by atoms with van der Waals surface area (Å²) in [5.74, 6) is 0.232. The summed E-state index contributed by atoms with van der Waals surface area (Å²) in [6, 6.07) is 0.403. The van der Waals surface area contributed by atoms with Gasteiger partial charge in [0, 0.05) is 12.1 Å². The molecule has 0 radical (unpaired) electrons. The van der Waals surface area contributed by atoms with Crippen molar-refractivity contribution in [3.8, 4) is 0 Å². The summed E-state index contributed by atoms with van der Waals surface area (Å²) in [4.78, 5) is 11.9. The fourth-order valence-electron chi connectivity index (χ4n) is 2.29. The van der Waals surface area contributed by atoms with Crippen LogP contribution in [0.1, 0.15) is 52.4 Å². The summed E-state index contributed by atoms with van der Waals surface area (Å²) in [5, 5.41) is 3.10. The molecule has 0 aromatic heterocycles. The predicted octanol–water partition coefficient (Wildman–Crippen LogP) is 1.81. The Labute approximate surface area is 92.8 Å². The van der Waals surface area contributed by atoms with E-state index in [-0.39, 0.29) is 17.9 Å². The van der Waals surface area contributed by atoms with Gasteiger partial charge in [0.05, 0.1) is 5.92 Å². The molecule has 1 aliphatic rings. The van der Waals surface area contributed by atoms with Gasteiger partial charge in [-0.3, -0.25) is 4.79 Å². The van der Waals surface area contributed by atoms with Gasteiger partial charge in [-0.25, -0.2) is 0 Å². The van der Waals surface area contributed by atoms with Gasteiger partial charge in [0.1, 0.15) is 0 Å². The van der Waals surface area contributed by atoms with Crippen LogP contribution in [0.3, 0.4) is 0 Å². The van der Waals surface area contributed by atoms with Crippen LogP contribution < -0.4 is 11.1 Å². The zero-order valence-corrected chi connectivity index (χ0v) is 9.96. The lowest BCUT2D eigenvalue weighted by Crippen LogP contribution is -2.46. The van der Waals surface area contributed by atoms with E-state index in [0.717, 1.165) is 32.1 Å². The maximum absolute atomic E-state index is 11.9. The first-order valence-corrected chi connectivity index (χ1v) is 6.25. The van der Waals surface area contributed by atoms with Gasteiger partial charge >= 0.3 is 0 Å². The van der Waals surface area contributed by atoms with Crippen molar-refractivity contribution < 1.29 is 4.79 Å². The summed E-state index contributed by atoms with van der Waals surface area (Å²) >= 11 is 0. The van der Waals surface area contributed by atoms with Crippen LogP contribution in [0.15, 0.2) is 0 Å². The van der Waals surface area contributed by atoms with Crippen molar-refractivity contribution in [2.24, 2.45) is 11.7 Å². The summed E-state index contributed by atoms with van der Waals surface area (Å²) in [5.41, 5.74) is 5.98. The Bertz CT molecular complexity index is 202. The van der Waals surface area contributed by atoms with Crippen LogP contribution in [0, 0.1) is 5.92 Å². The van der Waals surface area contributed by atoms with E-state index in [0.29, 0.717) is 6.04 Å². The van der Waals surface area contributed by atoms with Crippen molar-refractivity contribution >= 4 is 5.91 Å². The van der Waals surface area contributed by atoms with E-state index >= 15 is 0 Å². The van der Waals surface area contributed by atoms with E-state index in [4.69, 9.17) is 5.73 Å². The third-order valence-electron chi connectivity index (χ3n) is 3.49. The molecule has 0 spiro atoms. The molecule has 0 aliphatic heterocycles. The van der Waals surface area contributed by atoms with E-state index in [9.17, 15) is 4.79 Å². The molecule has 1 fully saturated rings. The van der Waals surface area contributed by atoms with Crippen molar-refractivity contribution in [3.05, 3.63) is 0 Å². The topological polar surface area (TPSA) is 55.1 Å². The first-order valence-electron chi connectivity index (χ1n) is 6.25. The second-order valence-electron chi connectivity index (χ2n) is 4.58. The molecule has 1 amide bonds. The molecule has 0 bridgehead atoms. The number of carbonyl (C=O) groups excluding carboxylic acids is 1. The third kappa shape index (κ3) is 3.49. The molecular formula is C12H24N2O. The quantitative estimate of drug-likeness (QED) is 0.746. The summed E-state index contributed by atoms with van der Waals surface area (Å²) in [6.45, 7) is 4.21. The van der Waals surface area contributed by atoms with E-state index in [1.807, 2.05) is 0 Å². The van der Waals surface area contributed by atoms with Crippen LogP contribution in [0.5, 0.6) is 0 Å². The van der Waals surface area contributed by atoms with Crippen LogP contribution in [0.2, 0.25) is 0 Å². The third-order valence-corrected chi connectivity index (χ3v) is 3.49. The smallest absolute Gasteiger partial charge is 0.224 e. The van der Waals surface area contributed by atoms with Gasteiger partial charge in [-0.1, -0.05) is 26.7 Å². The molecule has 0 aromatic carbocycles. The maximum Gasteiger partial charge on any atom is 0.224 e. The fourth-order valence-corrected chi connectivity index (χ4v) is 2.29. The average molecular weight is 212 g/mol. The Morgan fingerprint density at radius 3 is 2.47 bits per heavy atom. The number of rotatable bonds is 4. The molecule has 0 saturated heterocycles. The monoisotopic (exact) mass is 212 g/mol. The van der Waals surface area contributed by atoms with Gasteiger partial charge in [0.15, 0.2) is 0 Å². The van der Waals surface area contributed by atoms with Crippen molar-refractivity contribution in [2.45, 2.75) is 64.5 Å². The van der Waals surface area contributed by atoms with Crippen molar-refractivity contribution in [1.82, 2.24) is 5.32 Å². The molecule has 2 unspecified atom stereocenters. The summed E-state index contributed by atoms with van der Waals surface area (Å²) in [6.07, 6.45) is 6.30. The predicted molar refractivity (Wildman–Crippen MR) is 62.4 cm³/mol. The Balaban J connectivity index is 2.44. The van der Waals surface area contributed by atoms with Crippen LogP contribution in [0.25, 0.3) is 0 Å². The van der Waals surface area contributed by atoms with Crippen LogP contribution >= 0.6 is 0 Å². The van der Waals surface area contributed by atoms with E-state index < -0.39 is 0 Å². The minimum Gasteiger partial charge on any atom is -0.353 e. The highest BCUT2D eigenvalue weighted by Crippen LogP contribution is 2.23. The number of nitrogens with one attached hydrogen (secondary N) is 1. The van der Waals surface area contributed by atoms with Crippen LogP contribution in [0.4, 0.5) is 0 Å². The number of amides is 1. The van der Waals surface area contributed by atoms with E-state index in [2.05, 4.69) is 19.2 Å². The molecule has 15 heavy (non-hydrogen) atoms. The molecule has 1 rings (SSSR count). The Hall–Kier alpha value is -0.570. The lowest BCUT2D eigenvalue weighted by atomic mass is 9.84. The zero-order chi connectivity index (χ0) is 11.3. The minimum atomic E-state index is 0.0550. The molecule has 3 heteroatoms. The molecule has 3 nitrogen and oxygen atoms in total. The van der Waals surface area contributed by atoms with E-state index in [1.165, 1.54) is 6.42 Å². The summed E-state index contributed by atoms with van der Waals surface area (Å²) < 4.78 is 0. The standard InChI is InChI=1S/C12H24N2O/c1-3-9(4-2)14-12(15)10-7-5-6-8-11(10)13/h9-11H,3-8,13H2,1-2H3,(H,14,15). The number of carbonyl (C=O) groups is 1. The maximum atomic E-state index is 11.9. The van der Waals surface area contributed by atoms with Crippen LogP contribution in [-0.2, 0) is 4.79 Å². The van der Waals surface area contributed by atoms with Gasteiger partial charge in [-0.2, -0.15) is 0 Å². The van der Waals surface area contributed by atoms with Gasteiger partial charge in [0.2, 0.25) is 5.91 Å². The van der Waals surface area contributed by atoms with Crippen molar-refractivity contribution in [2.75, 3.05) is 0 Å². The Morgan fingerprint density at radius 2 is 1.93 bits per heavy atom. The Kier molecular flexibility index (Phi) is 5.09. The molecule has 1 aliphatic carbocycles. The first kappa shape index (κ1) is 12.5. The largest absolute Gasteiger partial charge is 0.353 e. The SMILES string of the molecule is CCC(CC)NC(=O)C1CCCCC1N. The molecule has 1 saturated carbocycles. The number of hydrogen-bond acceptors (Lipinski definition) is 2. The highest BCUT2D eigenvalue weighted by atomic mass is 16.2. The van der Waals surface area contributed by atoms with Crippen LogP contribution in [-0.4, -0.2) is 18.0 Å². The second kappa shape index (κ2) is 6.11. The second-order valence-corrected chi connectivity index (χ2v) is 4.58. The fraction of sp³-hybridized carbons (Fsp3) is 0.917. The summed E-state index contributed by atoms with van der Waals surface area (Å²) in [7, 11) is 0. The molecular weight excluding hydrogens is 188 g/mol. The molecule has 0 heterocycles. The average Bonchev–Trinajstić information content (AvgIpc) is 2.26. The molecule has 2 atom stereocenters. The highest BCUT2D eigenvalue weighted by molar-refractivity contribution is 5.79.